The third-order valence-electron chi connectivity index (χ3n) is 6.16. The molecule has 0 saturated carbocycles. The number of rotatable bonds is 11. The monoisotopic (exact) mass is 634 g/mol. The zero-order valence-corrected chi connectivity index (χ0v) is 22.3. The van der Waals surface area contributed by atoms with E-state index in [1.807, 2.05) is 0 Å². The molecule has 1 fully saturated rings. The lowest BCUT2D eigenvalue weighted by molar-refractivity contribution is -0.189. The van der Waals surface area contributed by atoms with E-state index in [4.69, 9.17) is 18.8 Å². The Balaban J connectivity index is 1.40. The molecule has 0 spiro atoms. The van der Waals surface area contributed by atoms with Crippen molar-refractivity contribution in [3.05, 3.63) is 101 Å². The fourth-order valence-corrected chi connectivity index (χ4v) is 4.17. The average molecular weight is 634 g/mol. The maximum Gasteiger partial charge on any atom is 0.494 e. The molecule has 3 aromatic carbocycles. The van der Waals surface area contributed by atoms with Crippen molar-refractivity contribution in [2.75, 3.05) is 26.4 Å². The fourth-order valence-electron chi connectivity index (χ4n) is 4.17. The average Bonchev–Trinajstić information content (AvgIpc) is 2.94. The van der Waals surface area contributed by atoms with Gasteiger partial charge in [0.2, 0.25) is 0 Å². The lowest BCUT2D eigenvalue weighted by Crippen LogP contribution is -2.44. The van der Waals surface area contributed by atoms with E-state index in [2.05, 4.69) is 11.3 Å². The number of hydrogen-bond donors (Lipinski definition) is 0. The number of esters is 1. The van der Waals surface area contributed by atoms with Crippen molar-refractivity contribution in [3.63, 3.8) is 0 Å². The van der Waals surface area contributed by atoms with Crippen molar-refractivity contribution in [1.29, 1.82) is 0 Å². The smallest absolute Gasteiger partial charge is 0.493 e. The number of carbonyl (C=O) groups is 1. The Morgan fingerprint density at radius 3 is 1.93 bits per heavy atom. The van der Waals surface area contributed by atoms with Gasteiger partial charge in [0.15, 0.2) is 17.5 Å². The van der Waals surface area contributed by atoms with Gasteiger partial charge in [0.05, 0.1) is 13.2 Å². The van der Waals surface area contributed by atoms with Crippen LogP contribution in [0.4, 0.5) is 39.5 Å². The van der Waals surface area contributed by atoms with Crippen LogP contribution >= 0.6 is 0 Å². The normalized spacial score (nSPS) is 14.0. The summed E-state index contributed by atoms with van der Waals surface area (Å²) in [6.45, 7) is 2.41. The summed E-state index contributed by atoms with van der Waals surface area (Å²) in [7, 11) is -1.52. The molecule has 0 radical (unpaired) electrons. The fraction of sp³-hybridized carbons (Fsp3) is 0.250. The van der Waals surface area contributed by atoms with Crippen LogP contribution in [0.2, 0.25) is 0 Å². The second kappa shape index (κ2) is 13.6. The van der Waals surface area contributed by atoms with Gasteiger partial charge in [-0.2, -0.15) is 8.78 Å². The number of hydrogen-bond acceptors (Lipinski definition) is 6. The zero-order chi connectivity index (χ0) is 32.2. The van der Waals surface area contributed by atoms with Gasteiger partial charge in [0, 0.05) is 61.5 Å². The molecule has 0 atom stereocenters. The first-order chi connectivity index (χ1) is 20.8. The summed E-state index contributed by atoms with van der Waals surface area (Å²) in [4.78, 5) is 11.0. The summed E-state index contributed by atoms with van der Waals surface area (Å²) in [5, 5.41) is 0. The summed E-state index contributed by atoms with van der Waals surface area (Å²) >= 11 is 0. The van der Waals surface area contributed by atoms with Gasteiger partial charge >= 0.3 is 19.2 Å². The molecule has 6 nitrogen and oxygen atoms in total. The largest absolute Gasteiger partial charge is 0.494 e. The summed E-state index contributed by atoms with van der Waals surface area (Å²) in [6.07, 6.45) is -3.59. The molecule has 4 rings (SSSR count). The lowest BCUT2D eigenvalue weighted by atomic mass is 9.76. The summed E-state index contributed by atoms with van der Waals surface area (Å²) in [6, 6.07) is 2.82. The zero-order valence-electron chi connectivity index (χ0n) is 22.3. The third kappa shape index (κ3) is 7.48. The highest BCUT2D eigenvalue weighted by atomic mass is 19.3. The van der Waals surface area contributed by atoms with Gasteiger partial charge in [-0.25, -0.2) is 35.5 Å². The summed E-state index contributed by atoms with van der Waals surface area (Å²) in [5.41, 5.74) is -2.77. The highest BCUT2D eigenvalue weighted by Gasteiger charge is 2.43. The quantitative estimate of drug-likeness (QED) is 0.0663. The molecule has 0 N–H and O–H groups in total. The minimum atomic E-state index is -4.80. The van der Waals surface area contributed by atoms with E-state index in [1.165, 1.54) is 0 Å². The lowest BCUT2D eigenvalue weighted by Gasteiger charge is -2.28. The number of alkyl halides is 2. The van der Waals surface area contributed by atoms with E-state index in [-0.39, 0.29) is 37.5 Å². The maximum atomic E-state index is 14.8. The van der Waals surface area contributed by atoms with Gasteiger partial charge in [-0.15, -0.1) is 0 Å². The van der Waals surface area contributed by atoms with Crippen molar-refractivity contribution in [1.82, 2.24) is 0 Å². The molecule has 1 heterocycles. The van der Waals surface area contributed by atoms with E-state index in [9.17, 15) is 44.3 Å². The molecule has 0 amide bonds. The number of halogens is 9. The van der Waals surface area contributed by atoms with Crippen LogP contribution < -0.4 is 14.9 Å². The molecule has 0 aliphatic carbocycles. The van der Waals surface area contributed by atoms with Crippen molar-refractivity contribution < 1.29 is 67.8 Å². The highest BCUT2D eigenvalue weighted by molar-refractivity contribution is 6.61. The molecule has 44 heavy (non-hydrogen) atoms. The number of carbonyl (C=O) groups excluding carboxylic acids is 1. The van der Waals surface area contributed by atoms with Gasteiger partial charge in [0.25, 0.3) is 0 Å². The molecule has 1 aliphatic heterocycles. The van der Waals surface area contributed by atoms with E-state index in [1.54, 1.807) is 0 Å². The topological polar surface area (TPSA) is 63.2 Å². The Morgan fingerprint density at radius 1 is 0.841 bits per heavy atom. The van der Waals surface area contributed by atoms with Gasteiger partial charge in [-0.05, 0) is 17.6 Å². The minimum Gasteiger partial charge on any atom is -0.493 e. The molecule has 0 aromatic heterocycles. The van der Waals surface area contributed by atoms with Gasteiger partial charge in [-0.1, -0.05) is 6.58 Å². The predicted molar refractivity (Wildman–Crippen MR) is 135 cm³/mol. The van der Waals surface area contributed by atoms with Gasteiger partial charge in [-0.3, -0.25) is 0 Å². The van der Waals surface area contributed by atoms with Crippen LogP contribution in [0.25, 0.3) is 0 Å². The Bertz CT molecular complexity index is 1480. The second-order valence-electron chi connectivity index (χ2n) is 9.25. The molecular formula is C28H20BF9O6. The second-order valence-corrected chi connectivity index (χ2v) is 9.25. The summed E-state index contributed by atoms with van der Waals surface area (Å²) < 4.78 is 153. The maximum absolute atomic E-state index is 14.8. The molecule has 16 heteroatoms. The van der Waals surface area contributed by atoms with Gasteiger partial charge in [0.1, 0.15) is 40.3 Å². The van der Waals surface area contributed by atoms with Crippen LogP contribution in [0.15, 0.2) is 49.1 Å². The van der Waals surface area contributed by atoms with Crippen LogP contribution in [-0.4, -0.2) is 39.5 Å². The molecule has 234 valence electrons. The Kier molecular flexibility index (Phi) is 10.1. The van der Waals surface area contributed by atoms with Crippen LogP contribution in [0.5, 0.6) is 11.5 Å². The molecular weight excluding hydrogens is 614 g/mol. The van der Waals surface area contributed by atoms with Crippen LogP contribution in [0.3, 0.4) is 0 Å². The van der Waals surface area contributed by atoms with E-state index in [0.29, 0.717) is 12.1 Å². The number of ether oxygens (including phenoxy) is 3. The predicted octanol–water partition coefficient (Wildman–Crippen LogP) is 5.81. The first kappa shape index (κ1) is 32.7. The number of benzene rings is 3. The van der Waals surface area contributed by atoms with Crippen molar-refractivity contribution in [3.8, 4) is 11.5 Å². The Morgan fingerprint density at radius 2 is 1.39 bits per heavy atom. The van der Waals surface area contributed by atoms with E-state index >= 15 is 0 Å². The Labute approximate surface area is 244 Å². The molecule has 3 aromatic rings. The molecule has 0 bridgehead atoms. The van der Waals surface area contributed by atoms with E-state index < -0.39 is 101 Å². The first-order valence-corrected chi connectivity index (χ1v) is 12.7. The highest BCUT2D eigenvalue weighted by Crippen LogP contribution is 2.36. The molecule has 1 aliphatic rings. The summed E-state index contributed by atoms with van der Waals surface area (Å²) in [5.74, 6) is -14.5. The SMILES string of the molecule is C=CC(=O)OCCCOc1cc(F)c(C2COB(c3cc(F)c(C(F)(F)Oc4cc(F)c(F)c(F)c4)c(F)c3)OC2)c(F)c1. The van der Waals surface area contributed by atoms with Crippen LogP contribution in [0.1, 0.15) is 23.5 Å². The minimum absolute atomic E-state index is 0.00298. The van der Waals surface area contributed by atoms with Gasteiger partial charge < -0.3 is 23.5 Å². The first-order valence-electron chi connectivity index (χ1n) is 12.7. The van der Waals surface area contributed by atoms with Crippen LogP contribution in [0, 0.1) is 40.7 Å². The van der Waals surface area contributed by atoms with Crippen LogP contribution in [-0.2, 0) is 24.9 Å². The Hall–Kier alpha value is -4.18. The van der Waals surface area contributed by atoms with Crippen molar-refractivity contribution in [2.24, 2.45) is 0 Å². The van der Waals surface area contributed by atoms with Crippen molar-refractivity contribution in [2.45, 2.75) is 18.4 Å². The molecule has 1 saturated heterocycles. The molecule has 0 unspecified atom stereocenters. The standard InChI is InChI=1S/C28H20BF9O6/c1-2-24(39)41-5-3-4-40-16-8-18(30)25(19(31)9-16)14-12-42-29(43-13-14)15-6-20(32)26(21(33)7-15)28(37,38)44-17-10-22(34)27(36)23(35)11-17/h2,6-11,14H,1,3-5,12-13H2. The van der Waals surface area contributed by atoms with E-state index in [0.717, 1.165) is 18.2 Å². The third-order valence-corrected chi connectivity index (χ3v) is 6.16. The van der Waals surface area contributed by atoms with Crippen molar-refractivity contribution >= 4 is 18.6 Å².